The van der Waals surface area contributed by atoms with Gasteiger partial charge in [-0.1, -0.05) is 26.0 Å². The van der Waals surface area contributed by atoms with E-state index in [9.17, 15) is 4.79 Å². The fraction of sp³-hybridized carbons (Fsp3) is 0.500. The van der Waals surface area contributed by atoms with E-state index in [-0.39, 0.29) is 5.91 Å². The second-order valence-electron chi connectivity index (χ2n) is 6.41. The zero-order chi connectivity index (χ0) is 20.2. The SMILES string of the molecule is CCCC(=O)Nc1ccc(CN=C(NCC)NCCn2cnnc2CC)cc1. The maximum absolute atomic E-state index is 11.7. The number of carbonyl (C=O) groups is 1. The normalized spacial score (nSPS) is 11.3. The molecule has 28 heavy (non-hydrogen) atoms. The van der Waals surface area contributed by atoms with Gasteiger partial charge >= 0.3 is 0 Å². The van der Waals surface area contributed by atoms with Gasteiger partial charge in [-0.05, 0) is 31.0 Å². The van der Waals surface area contributed by atoms with Gasteiger partial charge in [0.1, 0.15) is 12.2 Å². The molecule has 8 nitrogen and oxygen atoms in total. The zero-order valence-electron chi connectivity index (χ0n) is 17.0. The molecule has 0 atom stereocenters. The molecule has 0 saturated carbocycles. The summed E-state index contributed by atoms with van der Waals surface area (Å²) in [7, 11) is 0. The van der Waals surface area contributed by atoms with Gasteiger partial charge in [0.15, 0.2) is 5.96 Å². The summed E-state index contributed by atoms with van der Waals surface area (Å²) in [6.07, 6.45) is 4.00. The number of aliphatic imine (C=N–C) groups is 1. The van der Waals surface area contributed by atoms with Crippen LogP contribution in [0.5, 0.6) is 0 Å². The molecule has 0 unspecified atom stereocenters. The van der Waals surface area contributed by atoms with Crippen molar-refractivity contribution in [1.29, 1.82) is 0 Å². The fourth-order valence-corrected chi connectivity index (χ4v) is 2.69. The standard InChI is InChI=1S/C20H31N7O/c1-4-7-19(28)25-17-10-8-16(9-11-17)14-23-20(21-6-3)22-12-13-27-15-24-26-18(27)5-2/h8-11,15H,4-7,12-14H2,1-3H3,(H,25,28)(H2,21,22,23). The summed E-state index contributed by atoms with van der Waals surface area (Å²) in [5, 5.41) is 17.5. The number of nitrogens with zero attached hydrogens (tertiary/aromatic N) is 4. The number of aryl methyl sites for hydroxylation is 1. The summed E-state index contributed by atoms with van der Waals surface area (Å²) in [6.45, 7) is 8.98. The van der Waals surface area contributed by atoms with Gasteiger partial charge in [0.25, 0.3) is 0 Å². The Kier molecular flexibility index (Phi) is 8.97. The highest BCUT2D eigenvalue weighted by molar-refractivity contribution is 5.90. The molecule has 1 aromatic heterocycles. The lowest BCUT2D eigenvalue weighted by molar-refractivity contribution is -0.116. The first-order chi connectivity index (χ1) is 13.7. The highest BCUT2D eigenvalue weighted by Gasteiger charge is 2.03. The number of nitrogens with one attached hydrogen (secondary N) is 3. The van der Waals surface area contributed by atoms with Gasteiger partial charge in [-0.15, -0.1) is 10.2 Å². The van der Waals surface area contributed by atoms with E-state index in [4.69, 9.17) is 0 Å². The third-order valence-corrected chi connectivity index (χ3v) is 4.14. The molecular weight excluding hydrogens is 354 g/mol. The van der Waals surface area contributed by atoms with Crippen molar-refractivity contribution >= 4 is 17.6 Å². The van der Waals surface area contributed by atoms with Crippen LogP contribution in [-0.2, 0) is 24.3 Å². The summed E-state index contributed by atoms with van der Waals surface area (Å²) in [5.41, 5.74) is 1.90. The molecule has 3 N–H and O–H groups in total. The van der Waals surface area contributed by atoms with Crippen LogP contribution in [0, 0.1) is 0 Å². The van der Waals surface area contributed by atoms with Gasteiger partial charge in [0, 0.05) is 38.2 Å². The third-order valence-electron chi connectivity index (χ3n) is 4.14. The lowest BCUT2D eigenvalue weighted by Crippen LogP contribution is -2.38. The molecule has 1 aromatic carbocycles. The van der Waals surface area contributed by atoms with Gasteiger partial charge < -0.3 is 20.5 Å². The second-order valence-corrected chi connectivity index (χ2v) is 6.41. The predicted octanol–water partition coefficient (Wildman–Crippen LogP) is 2.33. The van der Waals surface area contributed by atoms with Crippen molar-refractivity contribution < 1.29 is 4.79 Å². The number of benzene rings is 1. The van der Waals surface area contributed by atoms with E-state index in [0.717, 1.165) is 55.5 Å². The molecule has 0 fully saturated rings. The number of aromatic nitrogens is 3. The highest BCUT2D eigenvalue weighted by Crippen LogP contribution is 2.11. The number of anilines is 1. The maximum Gasteiger partial charge on any atom is 0.224 e. The molecule has 0 bridgehead atoms. The minimum absolute atomic E-state index is 0.0474. The fourth-order valence-electron chi connectivity index (χ4n) is 2.69. The monoisotopic (exact) mass is 385 g/mol. The molecule has 0 aliphatic carbocycles. The highest BCUT2D eigenvalue weighted by atomic mass is 16.1. The largest absolute Gasteiger partial charge is 0.357 e. The molecule has 8 heteroatoms. The maximum atomic E-state index is 11.7. The van der Waals surface area contributed by atoms with Crippen molar-refractivity contribution in [2.24, 2.45) is 4.99 Å². The van der Waals surface area contributed by atoms with Crippen LogP contribution in [0.3, 0.4) is 0 Å². The molecule has 0 aliphatic rings. The molecule has 2 rings (SSSR count). The summed E-state index contributed by atoms with van der Waals surface area (Å²) in [5.74, 6) is 1.80. The van der Waals surface area contributed by atoms with Crippen LogP contribution in [0.2, 0.25) is 0 Å². The summed E-state index contributed by atoms with van der Waals surface area (Å²) >= 11 is 0. The average molecular weight is 386 g/mol. The van der Waals surface area contributed by atoms with Gasteiger partial charge in [-0.25, -0.2) is 4.99 Å². The lowest BCUT2D eigenvalue weighted by atomic mass is 10.2. The zero-order valence-corrected chi connectivity index (χ0v) is 17.0. The molecule has 2 aromatic rings. The molecule has 1 amide bonds. The number of carbonyl (C=O) groups excluding carboxylic acids is 1. The van der Waals surface area contributed by atoms with E-state index in [2.05, 4.69) is 38.1 Å². The van der Waals surface area contributed by atoms with Crippen molar-refractivity contribution in [3.63, 3.8) is 0 Å². The number of guanidine groups is 1. The van der Waals surface area contributed by atoms with E-state index in [0.29, 0.717) is 13.0 Å². The van der Waals surface area contributed by atoms with Crippen molar-refractivity contribution in [2.75, 3.05) is 18.4 Å². The molecular formula is C20H31N7O. The number of hydrogen-bond acceptors (Lipinski definition) is 4. The lowest BCUT2D eigenvalue weighted by Gasteiger charge is -2.12. The number of rotatable bonds is 10. The molecule has 1 heterocycles. The number of hydrogen-bond donors (Lipinski definition) is 3. The van der Waals surface area contributed by atoms with Gasteiger partial charge in [-0.2, -0.15) is 0 Å². The van der Waals surface area contributed by atoms with Crippen LogP contribution < -0.4 is 16.0 Å². The second kappa shape index (κ2) is 11.7. The summed E-state index contributed by atoms with van der Waals surface area (Å²) in [4.78, 5) is 16.3. The van der Waals surface area contributed by atoms with Crippen LogP contribution in [0.4, 0.5) is 5.69 Å². The van der Waals surface area contributed by atoms with E-state index >= 15 is 0 Å². The van der Waals surface area contributed by atoms with Crippen LogP contribution >= 0.6 is 0 Å². The predicted molar refractivity (Wildman–Crippen MR) is 112 cm³/mol. The van der Waals surface area contributed by atoms with E-state index in [1.165, 1.54) is 0 Å². The molecule has 0 radical (unpaired) electrons. The Bertz CT molecular complexity index is 752. The molecule has 0 aliphatic heterocycles. The quantitative estimate of drug-likeness (QED) is 0.431. The Hall–Kier alpha value is -2.90. The van der Waals surface area contributed by atoms with Crippen molar-refractivity contribution in [1.82, 2.24) is 25.4 Å². The van der Waals surface area contributed by atoms with Gasteiger partial charge in [-0.3, -0.25) is 4.79 Å². The van der Waals surface area contributed by atoms with Crippen LogP contribution in [0.25, 0.3) is 0 Å². The Morgan fingerprint density at radius 2 is 1.93 bits per heavy atom. The Balaban J connectivity index is 1.86. The minimum atomic E-state index is 0.0474. The number of amides is 1. The van der Waals surface area contributed by atoms with E-state index < -0.39 is 0 Å². The van der Waals surface area contributed by atoms with Gasteiger partial charge in [0.2, 0.25) is 5.91 Å². The summed E-state index contributed by atoms with van der Waals surface area (Å²) in [6, 6.07) is 7.80. The Morgan fingerprint density at radius 1 is 1.14 bits per heavy atom. The van der Waals surface area contributed by atoms with E-state index in [1.807, 2.05) is 42.7 Å². The average Bonchev–Trinajstić information content (AvgIpc) is 3.15. The molecule has 0 spiro atoms. The topological polar surface area (TPSA) is 96.2 Å². The minimum Gasteiger partial charge on any atom is -0.357 e. The molecule has 0 saturated heterocycles. The van der Waals surface area contributed by atoms with Crippen molar-refractivity contribution in [2.45, 2.75) is 53.1 Å². The van der Waals surface area contributed by atoms with Crippen molar-refractivity contribution in [3.8, 4) is 0 Å². The Morgan fingerprint density at radius 3 is 2.61 bits per heavy atom. The first kappa shape index (κ1) is 21.4. The Labute approximate surface area is 166 Å². The van der Waals surface area contributed by atoms with Gasteiger partial charge in [0.05, 0.1) is 6.54 Å². The van der Waals surface area contributed by atoms with Crippen molar-refractivity contribution in [3.05, 3.63) is 42.0 Å². The third kappa shape index (κ3) is 7.02. The van der Waals surface area contributed by atoms with Crippen LogP contribution in [0.1, 0.15) is 45.0 Å². The van der Waals surface area contributed by atoms with E-state index in [1.54, 1.807) is 6.33 Å². The van der Waals surface area contributed by atoms with Crippen LogP contribution in [-0.4, -0.2) is 39.7 Å². The first-order valence-electron chi connectivity index (χ1n) is 9.93. The van der Waals surface area contributed by atoms with Crippen LogP contribution in [0.15, 0.2) is 35.6 Å². The molecule has 152 valence electrons. The summed E-state index contributed by atoms with van der Waals surface area (Å²) < 4.78 is 2.04. The smallest absolute Gasteiger partial charge is 0.224 e. The first-order valence-corrected chi connectivity index (χ1v) is 9.93.